The summed E-state index contributed by atoms with van der Waals surface area (Å²) in [6.45, 7) is 11.6. The highest BCUT2D eigenvalue weighted by Gasteiger charge is 2.33. The van der Waals surface area contributed by atoms with E-state index in [0.29, 0.717) is 25.4 Å². The highest BCUT2D eigenvalue weighted by molar-refractivity contribution is 5.81. The van der Waals surface area contributed by atoms with Gasteiger partial charge in [0, 0.05) is 18.5 Å². The zero-order valence-electron chi connectivity index (χ0n) is 13.8. The average Bonchev–Trinajstić information content (AvgIpc) is 2.41. The van der Waals surface area contributed by atoms with Crippen molar-refractivity contribution in [3.8, 4) is 0 Å². The predicted octanol–water partition coefficient (Wildman–Crippen LogP) is 0.831. The normalized spacial score (nSPS) is 23.0. The van der Waals surface area contributed by atoms with Crippen LogP contribution in [0.15, 0.2) is 0 Å². The summed E-state index contributed by atoms with van der Waals surface area (Å²) < 4.78 is 0. The zero-order chi connectivity index (χ0) is 16.0. The summed E-state index contributed by atoms with van der Waals surface area (Å²) in [5, 5.41) is 6.13. The second-order valence-electron chi connectivity index (χ2n) is 7.08. The molecule has 0 bridgehead atoms. The van der Waals surface area contributed by atoms with E-state index in [4.69, 9.17) is 4.84 Å². The van der Waals surface area contributed by atoms with E-state index in [1.54, 1.807) is 0 Å². The number of hydrogen-bond donors (Lipinski definition) is 3. The van der Waals surface area contributed by atoms with Crippen molar-refractivity contribution in [1.82, 2.24) is 16.1 Å². The molecule has 1 rings (SSSR count). The van der Waals surface area contributed by atoms with Gasteiger partial charge in [0.25, 0.3) is 0 Å². The molecule has 0 aromatic rings. The third kappa shape index (κ3) is 6.01. The smallest absolute Gasteiger partial charge is 0.248 e. The quantitative estimate of drug-likeness (QED) is 0.657. The van der Waals surface area contributed by atoms with Gasteiger partial charge in [-0.1, -0.05) is 34.6 Å². The maximum atomic E-state index is 12.2. The Morgan fingerprint density at radius 3 is 2.57 bits per heavy atom. The standard InChI is InChI=1S/C15H29N3O3/c1-10(2)8-17-13(19)11-9-16-7-6-12(11)21-18-14(20)15(3,4)5/h10-12,16H,6-9H2,1-5H3,(H,17,19)(H,18,20)/t11-,12-/m1/s1. The molecule has 1 heterocycles. The lowest BCUT2D eigenvalue weighted by atomic mass is 9.94. The van der Waals surface area contributed by atoms with Crippen LogP contribution in [0.2, 0.25) is 0 Å². The number of nitrogens with one attached hydrogen (secondary N) is 3. The molecule has 0 unspecified atom stereocenters. The van der Waals surface area contributed by atoms with Crippen LogP contribution in [0.25, 0.3) is 0 Å². The number of carbonyl (C=O) groups is 2. The summed E-state index contributed by atoms with van der Waals surface area (Å²) in [5.41, 5.74) is 1.98. The van der Waals surface area contributed by atoms with Gasteiger partial charge in [0.15, 0.2) is 0 Å². The van der Waals surface area contributed by atoms with E-state index < -0.39 is 5.41 Å². The molecule has 21 heavy (non-hydrogen) atoms. The molecule has 2 amide bonds. The largest absolute Gasteiger partial charge is 0.355 e. The molecule has 0 aliphatic carbocycles. The Morgan fingerprint density at radius 2 is 2.00 bits per heavy atom. The van der Waals surface area contributed by atoms with Crippen molar-refractivity contribution in [2.24, 2.45) is 17.3 Å². The second-order valence-corrected chi connectivity index (χ2v) is 7.08. The van der Waals surface area contributed by atoms with E-state index in [1.807, 2.05) is 20.8 Å². The monoisotopic (exact) mass is 299 g/mol. The molecule has 122 valence electrons. The molecule has 0 radical (unpaired) electrons. The fourth-order valence-electron chi connectivity index (χ4n) is 1.96. The number of piperidine rings is 1. The van der Waals surface area contributed by atoms with Crippen LogP contribution in [0.5, 0.6) is 0 Å². The molecule has 0 spiro atoms. The van der Waals surface area contributed by atoms with Crippen molar-refractivity contribution in [2.45, 2.75) is 47.1 Å². The van der Waals surface area contributed by atoms with Gasteiger partial charge in [-0.15, -0.1) is 0 Å². The van der Waals surface area contributed by atoms with Gasteiger partial charge < -0.3 is 10.6 Å². The fraction of sp³-hybridized carbons (Fsp3) is 0.867. The lowest BCUT2D eigenvalue weighted by Gasteiger charge is -2.31. The molecular weight excluding hydrogens is 270 g/mol. The first-order valence-electron chi connectivity index (χ1n) is 7.66. The van der Waals surface area contributed by atoms with Gasteiger partial charge >= 0.3 is 0 Å². The lowest BCUT2D eigenvalue weighted by Crippen LogP contribution is -2.52. The van der Waals surface area contributed by atoms with Gasteiger partial charge in [0.1, 0.15) is 0 Å². The molecule has 1 fully saturated rings. The van der Waals surface area contributed by atoms with Crippen molar-refractivity contribution >= 4 is 11.8 Å². The maximum Gasteiger partial charge on any atom is 0.248 e. The Bertz CT molecular complexity index is 364. The Kier molecular flexibility index (Phi) is 6.61. The van der Waals surface area contributed by atoms with Gasteiger partial charge in [-0.25, -0.2) is 5.48 Å². The molecule has 6 nitrogen and oxygen atoms in total. The maximum absolute atomic E-state index is 12.2. The van der Waals surface area contributed by atoms with E-state index in [-0.39, 0.29) is 23.8 Å². The predicted molar refractivity (Wildman–Crippen MR) is 81.3 cm³/mol. The second kappa shape index (κ2) is 7.75. The summed E-state index contributed by atoms with van der Waals surface area (Å²) in [6.07, 6.45) is 0.411. The molecular formula is C15H29N3O3. The summed E-state index contributed by atoms with van der Waals surface area (Å²) >= 11 is 0. The number of amides is 2. The summed E-state index contributed by atoms with van der Waals surface area (Å²) in [4.78, 5) is 29.6. The first kappa shape index (κ1) is 17.9. The number of hydrogen-bond acceptors (Lipinski definition) is 4. The molecule has 3 N–H and O–H groups in total. The summed E-state index contributed by atoms with van der Waals surface area (Å²) in [6, 6.07) is 0. The minimum atomic E-state index is -0.512. The number of rotatable bonds is 5. The van der Waals surface area contributed by atoms with Gasteiger partial charge in [0.05, 0.1) is 12.0 Å². The van der Waals surface area contributed by atoms with Crippen LogP contribution in [0.4, 0.5) is 0 Å². The van der Waals surface area contributed by atoms with Crippen molar-refractivity contribution in [3.05, 3.63) is 0 Å². The van der Waals surface area contributed by atoms with Crippen LogP contribution in [0.3, 0.4) is 0 Å². The van der Waals surface area contributed by atoms with E-state index in [2.05, 4.69) is 30.0 Å². The van der Waals surface area contributed by atoms with E-state index in [9.17, 15) is 9.59 Å². The summed E-state index contributed by atoms with van der Waals surface area (Å²) in [7, 11) is 0. The van der Waals surface area contributed by atoms with Crippen molar-refractivity contribution < 1.29 is 14.4 Å². The first-order chi connectivity index (χ1) is 9.71. The van der Waals surface area contributed by atoms with Gasteiger partial charge in [-0.3, -0.25) is 14.4 Å². The number of hydroxylamine groups is 1. The topological polar surface area (TPSA) is 79.5 Å². The Morgan fingerprint density at radius 1 is 1.33 bits per heavy atom. The minimum absolute atomic E-state index is 0.0223. The van der Waals surface area contributed by atoms with Gasteiger partial charge in [-0.05, 0) is 18.9 Å². The third-order valence-electron chi connectivity index (χ3n) is 3.42. The number of carbonyl (C=O) groups excluding carboxylic acids is 2. The SMILES string of the molecule is CC(C)CNC(=O)[C@@H]1CNCC[C@H]1ONC(=O)C(C)(C)C. The Labute approximate surface area is 127 Å². The van der Waals surface area contributed by atoms with Crippen molar-refractivity contribution in [1.29, 1.82) is 0 Å². The molecule has 1 aliphatic heterocycles. The van der Waals surface area contributed by atoms with Crippen LogP contribution in [-0.4, -0.2) is 37.6 Å². The van der Waals surface area contributed by atoms with Crippen LogP contribution in [-0.2, 0) is 14.4 Å². The highest BCUT2D eigenvalue weighted by atomic mass is 16.7. The van der Waals surface area contributed by atoms with E-state index in [1.165, 1.54) is 0 Å². The molecule has 6 heteroatoms. The molecule has 0 saturated carbocycles. The van der Waals surface area contributed by atoms with E-state index >= 15 is 0 Å². The van der Waals surface area contributed by atoms with Gasteiger partial charge in [-0.2, -0.15) is 0 Å². The molecule has 1 saturated heterocycles. The molecule has 0 aromatic carbocycles. The molecule has 1 aliphatic rings. The average molecular weight is 299 g/mol. The fourth-order valence-corrected chi connectivity index (χ4v) is 1.96. The first-order valence-corrected chi connectivity index (χ1v) is 7.66. The van der Waals surface area contributed by atoms with Crippen molar-refractivity contribution in [3.63, 3.8) is 0 Å². The third-order valence-corrected chi connectivity index (χ3v) is 3.42. The minimum Gasteiger partial charge on any atom is -0.355 e. The van der Waals surface area contributed by atoms with E-state index in [0.717, 1.165) is 6.54 Å². The lowest BCUT2D eigenvalue weighted by molar-refractivity contribution is -0.155. The zero-order valence-corrected chi connectivity index (χ0v) is 13.8. The van der Waals surface area contributed by atoms with Crippen LogP contribution < -0.4 is 16.1 Å². The summed E-state index contributed by atoms with van der Waals surface area (Å²) in [5.74, 6) is -0.0727. The van der Waals surface area contributed by atoms with Crippen LogP contribution >= 0.6 is 0 Å². The Hall–Kier alpha value is -1.14. The van der Waals surface area contributed by atoms with Crippen molar-refractivity contribution in [2.75, 3.05) is 19.6 Å². The van der Waals surface area contributed by atoms with Gasteiger partial charge in [0.2, 0.25) is 11.8 Å². The highest BCUT2D eigenvalue weighted by Crippen LogP contribution is 2.17. The Balaban J connectivity index is 2.53. The van der Waals surface area contributed by atoms with Crippen LogP contribution in [0.1, 0.15) is 41.0 Å². The van der Waals surface area contributed by atoms with Crippen LogP contribution in [0, 0.1) is 17.3 Å². The molecule has 0 aromatic heterocycles. The molecule has 2 atom stereocenters.